The molecule has 1 fully saturated rings. The van der Waals surface area contributed by atoms with Gasteiger partial charge in [0.05, 0.1) is 17.9 Å². The largest absolute Gasteiger partial charge is 0.481 e. The van der Waals surface area contributed by atoms with Crippen LogP contribution >= 0.6 is 0 Å². The van der Waals surface area contributed by atoms with Crippen molar-refractivity contribution in [3.8, 4) is 0 Å². The molecule has 1 heterocycles. The van der Waals surface area contributed by atoms with Crippen molar-refractivity contribution in [1.82, 2.24) is 0 Å². The highest BCUT2D eigenvalue weighted by molar-refractivity contribution is 5.75. The summed E-state index contributed by atoms with van der Waals surface area (Å²) in [5.74, 6) is -0.684. The number of furan rings is 1. The molecule has 1 N–H and O–H groups in total. The molecule has 5 heteroatoms. The topological polar surface area (TPSA) is 76.7 Å². The van der Waals surface area contributed by atoms with Crippen LogP contribution in [0.2, 0.25) is 0 Å². The highest BCUT2D eigenvalue weighted by atomic mass is 16.5. The van der Waals surface area contributed by atoms with E-state index in [-0.39, 0.29) is 23.2 Å². The number of ether oxygens (including phenoxy) is 1. The van der Waals surface area contributed by atoms with Gasteiger partial charge in [0.25, 0.3) is 0 Å². The monoisotopic (exact) mass is 374 g/mol. The van der Waals surface area contributed by atoms with E-state index in [0.29, 0.717) is 6.61 Å². The molecule has 0 amide bonds. The smallest absolute Gasteiger partial charge is 0.309 e. The van der Waals surface area contributed by atoms with Gasteiger partial charge in [-0.1, -0.05) is 19.4 Å². The summed E-state index contributed by atoms with van der Waals surface area (Å²) in [6.07, 6.45) is 10.7. The lowest BCUT2D eigenvalue weighted by Gasteiger charge is -2.56. The van der Waals surface area contributed by atoms with Gasteiger partial charge in [0.1, 0.15) is 6.61 Å². The number of carboxylic acids is 1. The predicted molar refractivity (Wildman–Crippen MR) is 101 cm³/mol. The highest BCUT2D eigenvalue weighted by Gasteiger charge is 2.57. The summed E-state index contributed by atoms with van der Waals surface area (Å²) in [5, 5.41) is 9.96. The van der Waals surface area contributed by atoms with Crippen LogP contribution in [0.25, 0.3) is 0 Å². The van der Waals surface area contributed by atoms with Gasteiger partial charge in [-0.15, -0.1) is 0 Å². The molecule has 27 heavy (non-hydrogen) atoms. The molecule has 2 aliphatic carbocycles. The molecule has 4 atom stereocenters. The SMILES string of the molecule is CC(=O)OCC1=CCC2C(C)(C(=O)O)CCCC2(C)C1CCc1ccoc1. The van der Waals surface area contributed by atoms with E-state index in [1.54, 1.807) is 12.5 Å². The van der Waals surface area contributed by atoms with Crippen molar-refractivity contribution in [3.63, 3.8) is 0 Å². The lowest BCUT2D eigenvalue weighted by Crippen LogP contribution is -2.53. The van der Waals surface area contributed by atoms with Gasteiger partial charge in [0, 0.05) is 6.92 Å². The Bertz CT molecular complexity index is 719. The number of allylic oxidation sites excluding steroid dienone is 1. The van der Waals surface area contributed by atoms with Crippen LogP contribution in [0.4, 0.5) is 0 Å². The lowest BCUT2D eigenvalue weighted by molar-refractivity contribution is -0.162. The van der Waals surface area contributed by atoms with Gasteiger partial charge >= 0.3 is 11.9 Å². The van der Waals surface area contributed by atoms with Crippen LogP contribution in [0, 0.1) is 22.7 Å². The minimum Gasteiger partial charge on any atom is -0.481 e. The van der Waals surface area contributed by atoms with Crippen LogP contribution < -0.4 is 0 Å². The van der Waals surface area contributed by atoms with Crippen LogP contribution in [0.1, 0.15) is 58.4 Å². The number of carbonyl (C=O) groups is 2. The first kappa shape index (κ1) is 19.7. The first-order valence-corrected chi connectivity index (χ1v) is 9.84. The van der Waals surface area contributed by atoms with Crippen molar-refractivity contribution < 1.29 is 23.8 Å². The summed E-state index contributed by atoms with van der Waals surface area (Å²) < 4.78 is 10.5. The average molecular weight is 374 g/mol. The van der Waals surface area contributed by atoms with E-state index in [1.165, 1.54) is 6.92 Å². The number of hydrogen-bond donors (Lipinski definition) is 1. The van der Waals surface area contributed by atoms with Gasteiger partial charge < -0.3 is 14.3 Å². The Morgan fingerprint density at radius 2 is 2.11 bits per heavy atom. The van der Waals surface area contributed by atoms with Crippen molar-refractivity contribution >= 4 is 11.9 Å². The van der Waals surface area contributed by atoms with E-state index in [0.717, 1.165) is 49.7 Å². The van der Waals surface area contributed by atoms with E-state index >= 15 is 0 Å². The van der Waals surface area contributed by atoms with Crippen molar-refractivity contribution in [3.05, 3.63) is 35.8 Å². The number of aryl methyl sites for hydroxylation is 1. The maximum absolute atomic E-state index is 12.1. The number of esters is 1. The molecule has 5 nitrogen and oxygen atoms in total. The average Bonchev–Trinajstić information content (AvgIpc) is 3.11. The molecular weight excluding hydrogens is 344 g/mol. The molecule has 0 saturated heterocycles. The third-order valence-electron chi connectivity index (χ3n) is 7.07. The summed E-state index contributed by atoms with van der Waals surface area (Å²) in [4.78, 5) is 23.5. The van der Waals surface area contributed by atoms with Crippen LogP contribution in [-0.4, -0.2) is 23.7 Å². The van der Waals surface area contributed by atoms with E-state index in [4.69, 9.17) is 9.15 Å². The molecule has 1 aromatic heterocycles. The number of fused-ring (bicyclic) bond motifs is 1. The van der Waals surface area contributed by atoms with Gasteiger partial charge in [0.2, 0.25) is 0 Å². The molecule has 3 rings (SSSR count). The van der Waals surface area contributed by atoms with Gasteiger partial charge in [-0.05, 0) is 73.5 Å². The second-order valence-corrected chi connectivity index (χ2v) is 8.65. The summed E-state index contributed by atoms with van der Waals surface area (Å²) in [6, 6.07) is 1.97. The van der Waals surface area contributed by atoms with Crippen molar-refractivity contribution in [1.29, 1.82) is 0 Å². The standard InChI is InChI=1S/C22H30O5/c1-15(23)27-14-17-6-8-19-21(2,10-4-11-22(19,3)20(24)25)18(17)7-5-16-9-12-26-13-16/h6,9,12-13,18-19H,4-5,7-8,10-11,14H2,1-3H3,(H,24,25). The quantitative estimate of drug-likeness (QED) is 0.581. The number of hydrogen-bond acceptors (Lipinski definition) is 4. The van der Waals surface area contributed by atoms with E-state index in [2.05, 4.69) is 13.0 Å². The van der Waals surface area contributed by atoms with Gasteiger partial charge in [-0.25, -0.2) is 0 Å². The first-order chi connectivity index (χ1) is 12.8. The zero-order valence-corrected chi connectivity index (χ0v) is 16.5. The zero-order valence-electron chi connectivity index (χ0n) is 16.5. The third-order valence-corrected chi connectivity index (χ3v) is 7.07. The number of carboxylic acid groups (broad SMARTS) is 1. The van der Waals surface area contributed by atoms with Crippen molar-refractivity contribution in [2.45, 2.75) is 59.3 Å². The zero-order chi connectivity index (χ0) is 19.7. The van der Waals surface area contributed by atoms with Crippen LogP contribution in [0.3, 0.4) is 0 Å². The maximum Gasteiger partial charge on any atom is 0.309 e. The molecule has 0 radical (unpaired) electrons. The molecule has 1 saturated carbocycles. The number of carbonyl (C=O) groups excluding carboxylic acids is 1. The molecule has 148 valence electrons. The Balaban J connectivity index is 1.91. The second-order valence-electron chi connectivity index (χ2n) is 8.65. The fourth-order valence-corrected chi connectivity index (χ4v) is 5.56. The number of rotatable bonds is 6. The molecule has 0 aliphatic heterocycles. The Labute approximate surface area is 160 Å². The summed E-state index contributed by atoms with van der Waals surface area (Å²) in [5.41, 5.74) is 1.47. The number of aliphatic carboxylic acids is 1. The molecule has 2 aliphatic rings. The predicted octanol–water partition coefficient (Wildman–Crippen LogP) is 4.62. The Morgan fingerprint density at radius 3 is 2.74 bits per heavy atom. The second kappa shape index (κ2) is 7.53. The fraction of sp³-hybridized carbons (Fsp3) is 0.636. The van der Waals surface area contributed by atoms with Crippen molar-refractivity contribution in [2.24, 2.45) is 22.7 Å². The third kappa shape index (κ3) is 3.69. The van der Waals surface area contributed by atoms with Crippen LogP contribution in [0.5, 0.6) is 0 Å². The Kier molecular flexibility index (Phi) is 5.50. The first-order valence-electron chi connectivity index (χ1n) is 9.84. The summed E-state index contributed by atoms with van der Waals surface area (Å²) in [7, 11) is 0. The Hall–Kier alpha value is -2.04. The highest BCUT2D eigenvalue weighted by Crippen LogP contribution is 2.60. The summed E-state index contributed by atoms with van der Waals surface area (Å²) in [6.45, 7) is 5.89. The molecule has 0 spiro atoms. The van der Waals surface area contributed by atoms with Gasteiger partial charge in [0.15, 0.2) is 0 Å². The minimum absolute atomic E-state index is 0.0895. The normalized spacial score (nSPS) is 33.1. The van der Waals surface area contributed by atoms with Crippen molar-refractivity contribution in [2.75, 3.05) is 6.61 Å². The summed E-state index contributed by atoms with van der Waals surface area (Å²) >= 11 is 0. The van der Waals surface area contributed by atoms with E-state index < -0.39 is 11.4 Å². The molecule has 1 aromatic rings. The molecule has 4 unspecified atom stereocenters. The maximum atomic E-state index is 12.1. The fourth-order valence-electron chi connectivity index (χ4n) is 5.56. The van der Waals surface area contributed by atoms with Gasteiger partial charge in [-0.2, -0.15) is 0 Å². The van der Waals surface area contributed by atoms with Gasteiger partial charge in [-0.3, -0.25) is 9.59 Å². The molecule has 0 aromatic carbocycles. The van der Waals surface area contributed by atoms with Crippen LogP contribution in [0.15, 0.2) is 34.7 Å². The van der Waals surface area contributed by atoms with E-state index in [1.807, 2.05) is 13.0 Å². The van der Waals surface area contributed by atoms with E-state index in [9.17, 15) is 14.7 Å². The van der Waals surface area contributed by atoms with Crippen LogP contribution in [-0.2, 0) is 20.7 Å². The molecule has 0 bridgehead atoms. The minimum atomic E-state index is -0.704. The Morgan fingerprint density at radius 1 is 1.33 bits per heavy atom. The molecular formula is C22H30O5. The lowest BCUT2D eigenvalue weighted by atomic mass is 9.47.